The van der Waals surface area contributed by atoms with E-state index >= 15 is 0 Å². The van der Waals surface area contributed by atoms with Crippen molar-refractivity contribution in [2.75, 3.05) is 0 Å². The van der Waals surface area contributed by atoms with Gasteiger partial charge in [-0.05, 0) is 89.5 Å². The summed E-state index contributed by atoms with van der Waals surface area (Å²) in [5.41, 5.74) is 9.65. The molecule has 2 heterocycles. The summed E-state index contributed by atoms with van der Waals surface area (Å²) < 4.78 is 33.5. The lowest BCUT2D eigenvalue weighted by molar-refractivity contribution is 0.628. The molecule has 9 rings (SSSR count). The fourth-order valence-electron chi connectivity index (χ4n) is 7.03. The highest BCUT2D eigenvalue weighted by atomic mass is 19.1. The summed E-state index contributed by atoms with van der Waals surface area (Å²) in [4.78, 5) is 0. The average Bonchev–Trinajstić information content (AvgIpc) is 3.61. The predicted octanol–water partition coefficient (Wildman–Crippen LogP) is 11.5. The van der Waals surface area contributed by atoms with Gasteiger partial charge in [-0.3, -0.25) is 0 Å². The number of aromatic nitrogens is 2. The van der Waals surface area contributed by atoms with Crippen LogP contribution >= 0.6 is 0 Å². The molecular weight excluding hydrogens is 570 g/mol. The van der Waals surface area contributed by atoms with E-state index in [-0.39, 0.29) is 11.6 Å². The summed E-state index contributed by atoms with van der Waals surface area (Å²) in [5.74, 6) is -0.604. The van der Waals surface area contributed by atoms with Gasteiger partial charge in [0, 0.05) is 32.8 Å². The van der Waals surface area contributed by atoms with E-state index in [1.807, 2.05) is 24.3 Å². The number of para-hydroxylation sites is 3. The zero-order chi connectivity index (χ0) is 30.8. The van der Waals surface area contributed by atoms with E-state index in [1.165, 1.54) is 29.0 Å². The molecule has 4 heteroatoms. The van der Waals surface area contributed by atoms with Crippen LogP contribution in [0.15, 0.2) is 158 Å². The molecule has 0 aliphatic carbocycles. The highest BCUT2D eigenvalue weighted by Crippen LogP contribution is 2.40. The van der Waals surface area contributed by atoms with Crippen LogP contribution in [0.4, 0.5) is 8.78 Å². The molecule has 218 valence electrons. The first kappa shape index (κ1) is 26.4. The summed E-state index contributed by atoms with van der Waals surface area (Å²) in [6.45, 7) is 0. The number of benzene rings is 7. The Hall–Kier alpha value is -6.00. The van der Waals surface area contributed by atoms with E-state index < -0.39 is 0 Å². The summed E-state index contributed by atoms with van der Waals surface area (Å²) in [6.07, 6.45) is 0. The molecule has 0 spiro atoms. The van der Waals surface area contributed by atoms with Crippen molar-refractivity contribution in [3.63, 3.8) is 0 Å². The molecule has 2 nitrogen and oxygen atoms in total. The third-order valence-electron chi connectivity index (χ3n) is 9.03. The number of hydrogen-bond acceptors (Lipinski definition) is 0. The Morgan fingerprint density at radius 3 is 1.52 bits per heavy atom. The molecule has 0 saturated heterocycles. The highest BCUT2D eigenvalue weighted by molar-refractivity contribution is 6.12. The van der Waals surface area contributed by atoms with Gasteiger partial charge in [0.1, 0.15) is 11.6 Å². The van der Waals surface area contributed by atoms with Gasteiger partial charge in [-0.25, -0.2) is 8.78 Å². The van der Waals surface area contributed by atoms with E-state index in [9.17, 15) is 8.78 Å². The van der Waals surface area contributed by atoms with Gasteiger partial charge in [0.25, 0.3) is 0 Å². The van der Waals surface area contributed by atoms with E-state index in [0.717, 1.165) is 66.5 Å². The van der Waals surface area contributed by atoms with Crippen LogP contribution in [-0.2, 0) is 0 Å². The third kappa shape index (κ3) is 4.07. The Balaban J connectivity index is 1.32. The minimum absolute atomic E-state index is 0.296. The maximum atomic E-state index is 14.7. The fraction of sp³-hybridized carbons (Fsp3) is 0. The lowest BCUT2D eigenvalue weighted by Crippen LogP contribution is -1.99. The molecule has 7 aromatic carbocycles. The molecule has 0 atom stereocenters. The van der Waals surface area contributed by atoms with Crippen molar-refractivity contribution in [1.29, 1.82) is 0 Å². The van der Waals surface area contributed by atoms with Crippen LogP contribution in [0, 0.1) is 11.6 Å². The molecule has 0 radical (unpaired) electrons. The van der Waals surface area contributed by atoms with Crippen LogP contribution in [0.2, 0.25) is 0 Å². The van der Waals surface area contributed by atoms with Gasteiger partial charge in [0.05, 0.1) is 27.8 Å². The molecule has 0 unspecified atom stereocenters. The van der Waals surface area contributed by atoms with Gasteiger partial charge in [0.2, 0.25) is 0 Å². The Kier molecular flexibility index (Phi) is 5.90. The summed E-state index contributed by atoms with van der Waals surface area (Å²) in [6, 6.07) is 51.5. The van der Waals surface area contributed by atoms with Gasteiger partial charge < -0.3 is 9.13 Å². The van der Waals surface area contributed by atoms with Crippen molar-refractivity contribution >= 4 is 43.6 Å². The van der Waals surface area contributed by atoms with Crippen LogP contribution < -0.4 is 0 Å². The van der Waals surface area contributed by atoms with Gasteiger partial charge in [-0.1, -0.05) is 84.9 Å². The number of halogens is 2. The van der Waals surface area contributed by atoms with Crippen LogP contribution in [0.3, 0.4) is 0 Å². The Labute approximate surface area is 264 Å². The van der Waals surface area contributed by atoms with Crippen LogP contribution in [0.1, 0.15) is 0 Å². The van der Waals surface area contributed by atoms with Crippen molar-refractivity contribution in [2.45, 2.75) is 0 Å². The van der Waals surface area contributed by atoms with Gasteiger partial charge in [-0.2, -0.15) is 0 Å². The second-order valence-corrected chi connectivity index (χ2v) is 11.7. The lowest BCUT2D eigenvalue weighted by Gasteiger charge is -2.16. The molecule has 0 N–H and O–H groups in total. The quantitative estimate of drug-likeness (QED) is 0.191. The van der Waals surface area contributed by atoms with Gasteiger partial charge >= 0.3 is 0 Å². The number of fused-ring (bicyclic) bond motifs is 6. The minimum Gasteiger partial charge on any atom is -0.309 e. The molecule has 0 aliphatic rings. The Morgan fingerprint density at radius 1 is 0.348 bits per heavy atom. The molecule has 0 aliphatic heterocycles. The van der Waals surface area contributed by atoms with E-state index in [2.05, 4.69) is 106 Å². The molecule has 0 saturated carbocycles. The predicted molar refractivity (Wildman–Crippen MR) is 186 cm³/mol. The third-order valence-corrected chi connectivity index (χ3v) is 9.03. The van der Waals surface area contributed by atoms with Crippen molar-refractivity contribution in [3.8, 4) is 33.6 Å². The minimum atomic E-state index is -0.308. The molecular formula is C42H26F2N2. The topological polar surface area (TPSA) is 9.86 Å². The first-order chi connectivity index (χ1) is 22.6. The standard InChI is InChI=1S/C42H26F2N2/c43-30-11-7-9-27(23-30)28-19-21-41(36(25-28)29-10-8-12-31(44)24-29)46-40-18-6-3-15-35(40)37-26-32(20-22-42(37)46)45-38-16-4-1-13-33(38)34-14-2-5-17-39(34)45/h1-26H. The maximum Gasteiger partial charge on any atom is 0.123 e. The van der Waals surface area contributed by atoms with Crippen LogP contribution in [0.5, 0.6) is 0 Å². The largest absolute Gasteiger partial charge is 0.309 e. The van der Waals surface area contributed by atoms with Crippen molar-refractivity contribution in [3.05, 3.63) is 169 Å². The van der Waals surface area contributed by atoms with E-state index in [4.69, 9.17) is 0 Å². The smallest absolute Gasteiger partial charge is 0.123 e. The summed E-state index contributed by atoms with van der Waals surface area (Å²) in [5, 5.41) is 4.69. The number of rotatable bonds is 4. The molecule has 0 amide bonds. The average molecular weight is 597 g/mol. The zero-order valence-electron chi connectivity index (χ0n) is 24.7. The molecule has 0 fully saturated rings. The normalized spacial score (nSPS) is 11.7. The fourth-order valence-corrected chi connectivity index (χ4v) is 7.03. The van der Waals surface area contributed by atoms with Crippen molar-refractivity contribution in [2.24, 2.45) is 0 Å². The summed E-state index contributed by atoms with van der Waals surface area (Å²) >= 11 is 0. The van der Waals surface area contributed by atoms with E-state index in [0.29, 0.717) is 0 Å². The van der Waals surface area contributed by atoms with Crippen LogP contribution in [-0.4, -0.2) is 9.13 Å². The number of hydrogen-bond donors (Lipinski definition) is 0. The highest BCUT2D eigenvalue weighted by Gasteiger charge is 2.19. The Bertz CT molecular complexity index is 2570. The van der Waals surface area contributed by atoms with Crippen LogP contribution in [0.25, 0.3) is 77.2 Å². The second-order valence-electron chi connectivity index (χ2n) is 11.7. The first-order valence-corrected chi connectivity index (χ1v) is 15.3. The second kappa shape index (κ2) is 10.3. The number of nitrogens with zero attached hydrogens (tertiary/aromatic N) is 2. The van der Waals surface area contributed by atoms with Gasteiger partial charge in [0.15, 0.2) is 0 Å². The zero-order valence-corrected chi connectivity index (χ0v) is 24.7. The van der Waals surface area contributed by atoms with Crippen molar-refractivity contribution < 1.29 is 8.78 Å². The maximum absolute atomic E-state index is 14.7. The SMILES string of the molecule is Fc1cccc(-c2ccc(-n3c4ccccc4c4cc(-n5c6ccccc6c6ccccc65)ccc43)c(-c3cccc(F)c3)c2)c1. The molecule has 0 bridgehead atoms. The molecule has 9 aromatic rings. The molecule has 2 aromatic heterocycles. The molecule has 46 heavy (non-hydrogen) atoms. The monoisotopic (exact) mass is 596 g/mol. The van der Waals surface area contributed by atoms with E-state index in [1.54, 1.807) is 18.2 Å². The first-order valence-electron chi connectivity index (χ1n) is 15.3. The summed E-state index contributed by atoms with van der Waals surface area (Å²) in [7, 11) is 0. The lowest BCUT2D eigenvalue weighted by atomic mass is 9.97. The Morgan fingerprint density at radius 2 is 0.870 bits per heavy atom. The van der Waals surface area contributed by atoms with Crippen molar-refractivity contribution in [1.82, 2.24) is 9.13 Å². The van der Waals surface area contributed by atoms with Gasteiger partial charge in [-0.15, -0.1) is 0 Å².